The Balaban J connectivity index is 6.04. The molecular weight excluding hydrogens is 401 g/mol. The van der Waals surface area contributed by atoms with Crippen molar-refractivity contribution in [3.63, 3.8) is 0 Å². The molecule has 0 spiro atoms. The fraction of sp³-hybridized carbons (Fsp3) is 1.00. The zero-order valence-corrected chi connectivity index (χ0v) is 22.3. The second-order valence-electron chi connectivity index (χ2n) is 9.61. The van der Waals surface area contributed by atoms with E-state index in [1.807, 2.05) is 0 Å². The molecule has 0 radical (unpaired) electrons. The van der Waals surface area contributed by atoms with Crippen LogP contribution in [0.25, 0.3) is 0 Å². The maximum atomic E-state index is 7.69. The van der Waals surface area contributed by atoms with Crippen LogP contribution in [-0.4, -0.2) is 27.2 Å². The second-order valence-corrected chi connectivity index (χ2v) is 31.2. The Labute approximate surface area is 154 Å². The maximum absolute atomic E-state index is 7.69. The van der Waals surface area contributed by atoms with Crippen LogP contribution in [0.3, 0.4) is 0 Å². The standard InChI is InChI=1S/C20H46Ge2O/c1-11-15-21(16-12-2,17-13-3)23-22(18-14-4,19(5,6)7)20(8,9)10/h11-18H2,1-10H3. The van der Waals surface area contributed by atoms with Crippen molar-refractivity contribution in [2.24, 2.45) is 0 Å². The summed E-state index contributed by atoms with van der Waals surface area (Å²) < 4.78 is 8.41. The third-order valence-corrected chi connectivity index (χ3v) is 37.3. The van der Waals surface area contributed by atoms with Gasteiger partial charge in [0.25, 0.3) is 0 Å². The van der Waals surface area contributed by atoms with Crippen LogP contribution < -0.4 is 0 Å². The summed E-state index contributed by atoms with van der Waals surface area (Å²) in [4.78, 5) is 0. The predicted molar refractivity (Wildman–Crippen MR) is 112 cm³/mol. The van der Waals surface area contributed by atoms with Crippen molar-refractivity contribution in [3.05, 3.63) is 0 Å². The molecule has 140 valence electrons. The Hall–Kier alpha value is 1.05. The van der Waals surface area contributed by atoms with Crippen LogP contribution in [-0.2, 0) is 2.79 Å². The van der Waals surface area contributed by atoms with Gasteiger partial charge in [0.15, 0.2) is 0 Å². The van der Waals surface area contributed by atoms with Crippen LogP contribution >= 0.6 is 0 Å². The molecule has 0 saturated heterocycles. The van der Waals surface area contributed by atoms with Gasteiger partial charge in [-0.2, -0.15) is 0 Å². The van der Waals surface area contributed by atoms with Crippen LogP contribution in [0.5, 0.6) is 0 Å². The fourth-order valence-electron chi connectivity index (χ4n) is 4.85. The minimum atomic E-state index is -2.51. The van der Waals surface area contributed by atoms with Crippen LogP contribution in [0.2, 0.25) is 29.5 Å². The summed E-state index contributed by atoms with van der Waals surface area (Å²) in [5.41, 5.74) is 0. The molecule has 0 rings (SSSR count). The second kappa shape index (κ2) is 9.66. The summed E-state index contributed by atoms with van der Waals surface area (Å²) in [6.45, 7) is 24.4. The van der Waals surface area contributed by atoms with Gasteiger partial charge < -0.3 is 0 Å². The van der Waals surface area contributed by atoms with E-state index in [2.05, 4.69) is 69.2 Å². The summed E-state index contributed by atoms with van der Waals surface area (Å²) in [6, 6.07) is 0. The predicted octanol–water partition coefficient (Wildman–Crippen LogP) is 8.13. The molecule has 0 heterocycles. The molecule has 1 nitrogen and oxygen atoms in total. The van der Waals surface area contributed by atoms with Gasteiger partial charge in [-0.15, -0.1) is 0 Å². The van der Waals surface area contributed by atoms with E-state index in [-0.39, 0.29) is 0 Å². The average Bonchev–Trinajstić information content (AvgIpc) is 2.36. The first-order valence-electron chi connectivity index (χ1n) is 10.2. The first-order valence-corrected chi connectivity index (χ1v) is 19.9. The Morgan fingerprint density at radius 2 is 0.870 bits per heavy atom. The van der Waals surface area contributed by atoms with Crippen LogP contribution in [0.1, 0.15) is 94.9 Å². The van der Waals surface area contributed by atoms with Crippen molar-refractivity contribution in [2.75, 3.05) is 0 Å². The molecule has 0 aliphatic heterocycles. The molecule has 0 amide bonds. The van der Waals surface area contributed by atoms with E-state index >= 15 is 0 Å². The topological polar surface area (TPSA) is 9.23 Å². The van der Waals surface area contributed by atoms with Gasteiger partial charge in [-0.05, 0) is 0 Å². The van der Waals surface area contributed by atoms with Crippen LogP contribution in [0.4, 0.5) is 0 Å². The molecule has 0 fully saturated rings. The van der Waals surface area contributed by atoms with Gasteiger partial charge in [-0.3, -0.25) is 0 Å². The minimum absolute atomic E-state index is 0.361. The Morgan fingerprint density at radius 3 is 1.09 bits per heavy atom. The first kappa shape index (κ1) is 24.0. The molecule has 0 aromatic rings. The molecule has 0 aromatic heterocycles. The average molecular weight is 448 g/mol. The quantitative estimate of drug-likeness (QED) is 0.307. The molecule has 0 atom stereocenters. The monoisotopic (exact) mass is 450 g/mol. The normalized spacial score (nSPS) is 14.3. The van der Waals surface area contributed by atoms with E-state index in [1.54, 1.807) is 0 Å². The molecule has 0 aliphatic carbocycles. The van der Waals surface area contributed by atoms with E-state index in [0.29, 0.717) is 8.49 Å². The first-order chi connectivity index (χ1) is 10.4. The third-order valence-electron chi connectivity index (χ3n) is 5.53. The molecule has 0 saturated carbocycles. The summed E-state index contributed by atoms with van der Waals surface area (Å²) >= 11 is -4.72. The number of rotatable bonds is 10. The van der Waals surface area contributed by atoms with Gasteiger partial charge in [0.2, 0.25) is 0 Å². The molecule has 3 heteroatoms. The van der Waals surface area contributed by atoms with Gasteiger partial charge in [-0.1, -0.05) is 0 Å². The molecule has 0 aliphatic rings. The van der Waals surface area contributed by atoms with Crippen molar-refractivity contribution < 1.29 is 2.79 Å². The van der Waals surface area contributed by atoms with E-state index in [0.717, 1.165) is 0 Å². The SMILES string of the molecule is CC[CH2][Ge]([CH2]CC)([CH2]CC)[O][Ge]([CH2]CC)([C](C)(C)C)[C](C)(C)C. The van der Waals surface area contributed by atoms with Crippen molar-refractivity contribution >= 4 is 27.2 Å². The molecule has 0 unspecified atom stereocenters. The van der Waals surface area contributed by atoms with E-state index in [4.69, 9.17) is 2.79 Å². The van der Waals surface area contributed by atoms with E-state index < -0.39 is 27.2 Å². The molecule has 0 N–H and O–H groups in total. The van der Waals surface area contributed by atoms with Gasteiger partial charge >= 0.3 is 154 Å². The summed E-state index contributed by atoms with van der Waals surface area (Å²) in [5.74, 6) is 0. The molecule has 23 heavy (non-hydrogen) atoms. The zero-order chi connectivity index (χ0) is 18.4. The van der Waals surface area contributed by atoms with E-state index in [1.165, 1.54) is 46.7 Å². The Bertz CT molecular complexity index is 294. The van der Waals surface area contributed by atoms with Gasteiger partial charge in [-0.25, -0.2) is 0 Å². The van der Waals surface area contributed by atoms with Crippen molar-refractivity contribution in [3.8, 4) is 0 Å². The summed E-state index contributed by atoms with van der Waals surface area (Å²) in [5, 5.41) is 5.64. The van der Waals surface area contributed by atoms with E-state index in [9.17, 15) is 0 Å². The number of hydrogen-bond acceptors (Lipinski definition) is 1. The van der Waals surface area contributed by atoms with Crippen molar-refractivity contribution in [1.82, 2.24) is 0 Å². The van der Waals surface area contributed by atoms with Crippen LogP contribution in [0.15, 0.2) is 0 Å². The van der Waals surface area contributed by atoms with Gasteiger partial charge in [0.1, 0.15) is 0 Å². The summed E-state index contributed by atoms with van der Waals surface area (Å²) in [6.07, 6.45) is 5.24. The van der Waals surface area contributed by atoms with Crippen molar-refractivity contribution in [2.45, 2.75) is 124 Å². The number of hydrogen-bond donors (Lipinski definition) is 0. The Kier molecular flexibility index (Phi) is 10.1. The molecule has 0 aromatic carbocycles. The molecule has 0 bridgehead atoms. The zero-order valence-electron chi connectivity index (χ0n) is 18.1. The van der Waals surface area contributed by atoms with Gasteiger partial charge in [0, 0.05) is 0 Å². The third kappa shape index (κ3) is 6.06. The Morgan fingerprint density at radius 1 is 0.565 bits per heavy atom. The van der Waals surface area contributed by atoms with Gasteiger partial charge in [0.05, 0.1) is 0 Å². The van der Waals surface area contributed by atoms with Crippen molar-refractivity contribution in [1.29, 1.82) is 0 Å². The fourth-order valence-corrected chi connectivity index (χ4v) is 44.4. The van der Waals surface area contributed by atoms with Crippen LogP contribution in [0, 0.1) is 0 Å². The summed E-state index contributed by atoms with van der Waals surface area (Å²) in [7, 11) is 0. The molecular formula is C20H46Ge2O.